The van der Waals surface area contributed by atoms with Crippen LogP contribution >= 0.6 is 0 Å². The Morgan fingerprint density at radius 3 is 2.71 bits per heavy atom. The Balaban J connectivity index is 1.73. The fourth-order valence-electron chi connectivity index (χ4n) is 3.58. The summed E-state index contributed by atoms with van der Waals surface area (Å²) in [5.74, 6) is -0.0890. The molecule has 1 aliphatic heterocycles. The number of amides is 1. The van der Waals surface area contributed by atoms with Gasteiger partial charge in [0.1, 0.15) is 6.04 Å². The third kappa shape index (κ3) is 3.77. The maximum atomic E-state index is 12.5. The quantitative estimate of drug-likeness (QED) is 0.828. The molecule has 3 rings (SSSR count). The number of hydrogen-bond acceptors (Lipinski definition) is 5. The molecule has 1 amide bonds. The molecule has 7 nitrogen and oxygen atoms in total. The molecule has 2 heterocycles. The van der Waals surface area contributed by atoms with Crippen molar-refractivity contribution in [2.75, 3.05) is 31.1 Å². The first-order valence-electron chi connectivity index (χ1n) is 9.04. The van der Waals surface area contributed by atoms with Gasteiger partial charge in [0.05, 0.1) is 11.9 Å². The van der Waals surface area contributed by atoms with E-state index in [0.717, 1.165) is 44.7 Å². The topological polar surface area (TPSA) is 79.3 Å². The minimum Gasteiger partial charge on any atom is -0.368 e. The average molecular weight is 333 g/mol. The zero-order chi connectivity index (χ0) is 16.9. The second-order valence-electron chi connectivity index (χ2n) is 6.65. The van der Waals surface area contributed by atoms with Gasteiger partial charge >= 0.3 is 0 Å². The maximum absolute atomic E-state index is 12.5. The molecule has 0 unspecified atom stereocenters. The van der Waals surface area contributed by atoms with Crippen molar-refractivity contribution in [2.45, 2.75) is 51.1 Å². The second-order valence-corrected chi connectivity index (χ2v) is 6.65. The van der Waals surface area contributed by atoms with E-state index in [1.807, 2.05) is 6.92 Å². The molecule has 0 aromatic carbocycles. The first-order valence-corrected chi connectivity index (χ1v) is 9.04. The summed E-state index contributed by atoms with van der Waals surface area (Å²) in [4.78, 5) is 27.2. The molecule has 132 valence electrons. The summed E-state index contributed by atoms with van der Waals surface area (Å²) >= 11 is 0. The fourth-order valence-corrected chi connectivity index (χ4v) is 3.58. The van der Waals surface area contributed by atoms with E-state index in [1.54, 1.807) is 12.3 Å². The van der Waals surface area contributed by atoms with Gasteiger partial charge in [-0.3, -0.25) is 9.59 Å². The number of carbonyl (C=O) groups excluding carboxylic acids is 1. The molecular formula is C17H27N5O2. The van der Waals surface area contributed by atoms with Crippen molar-refractivity contribution in [3.8, 4) is 0 Å². The van der Waals surface area contributed by atoms with Crippen molar-refractivity contribution in [1.82, 2.24) is 20.4 Å². The highest BCUT2D eigenvalue weighted by Gasteiger charge is 2.25. The molecule has 1 aromatic rings. The number of nitrogens with one attached hydrogen (secondary N) is 2. The first-order chi connectivity index (χ1) is 11.7. The summed E-state index contributed by atoms with van der Waals surface area (Å²) in [5, 5.41) is 10.7. The number of aromatic nitrogens is 2. The van der Waals surface area contributed by atoms with Gasteiger partial charge in [-0.15, -0.1) is 0 Å². The van der Waals surface area contributed by atoms with Gasteiger partial charge in [0.15, 0.2) is 0 Å². The minimum absolute atomic E-state index is 0.0890. The smallest absolute Gasteiger partial charge is 0.269 e. The molecule has 0 spiro atoms. The fraction of sp³-hybridized carbons (Fsp3) is 0.706. The van der Waals surface area contributed by atoms with Crippen LogP contribution in [-0.4, -0.2) is 47.9 Å². The molecule has 0 bridgehead atoms. The van der Waals surface area contributed by atoms with Gasteiger partial charge < -0.3 is 15.5 Å². The molecule has 2 N–H and O–H groups in total. The van der Waals surface area contributed by atoms with E-state index in [-0.39, 0.29) is 17.5 Å². The standard InChI is InChI=1S/C17H27N5O2/c1-2-15(17(24)20-13-5-3-4-6-13)22-16(23)11-14(12-19-22)21-9-7-18-8-10-21/h11-13,15,18H,2-10H2,1H3,(H,20,24)/t15-/m1/s1. The van der Waals surface area contributed by atoms with Crippen LogP contribution in [0, 0.1) is 0 Å². The summed E-state index contributed by atoms with van der Waals surface area (Å²) < 4.78 is 1.33. The lowest BCUT2D eigenvalue weighted by Crippen LogP contribution is -2.45. The van der Waals surface area contributed by atoms with Crippen molar-refractivity contribution in [2.24, 2.45) is 0 Å². The van der Waals surface area contributed by atoms with Crippen LogP contribution in [0.1, 0.15) is 45.1 Å². The van der Waals surface area contributed by atoms with Crippen LogP contribution < -0.4 is 21.1 Å². The molecule has 2 fully saturated rings. The van der Waals surface area contributed by atoms with Crippen LogP contribution in [0.3, 0.4) is 0 Å². The number of hydrogen-bond donors (Lipinski definition) is 2. The highest BCUT2D eigenvalue weighted by molar-refractivity contribution is 5.80. The van der Waals surface area contributed by atoms with E-state index in [1.165, 1.54) is 17.5 Å². The second kappa shape index (κ2) is 7.79. The van der Waals surface area contributed by atoms with E-state index in [4.69, 9.17) is 0 Å². The summed E-state index contributed by atoms with van der Waals surface area (Å²) in [6, 6.07) is 1.32. The lowest BCUT2D eigenvalue weighted by molar-refractivity contribution is -0.125. The normalized spacial score (nSPS) is 20.1. The summed E-state index contributed by atoms with van der Waals surface area (Å²) in [6.45, 7) is 5.46. The zero-order valence-electron chi connectivity index (χ0n) is 14.3. The van der Waals surface area contributed by atoms with Crippen LogP contribution in [-0.2, 0) is 4.79 Å². The summed E-state index contributed by atoms with van der Waals surface area (Å²) in [6.07, 6.45) is 6.66. The van der Waals surface area contributed by atoms with Crippen LogP contribution in [0.2, 0.25) is 0 Å². The van der Waals surface area contributed by atoms with Crippen molar-refractivity contribution in [3.05, 3.63) is 22.6 Å². The molecule has 1 aliphatic carbocycles. The third-order valence-corrected chi connectivity index (χ3v) is 4.98. The van der Waals surface area contributed by atoms with Crippen molar-refractivity contribution >= 4 is 11.6 Å². The highest BCUT2D eigenvalue weighted by Crippen LogP contribution is 2.19. The first kappa shape index (κ1) is 17.0. The predicted octanol–water partition coefficient (Wildman–Crippen LogP) is 0.663. The van der Waals surface area contributed by atoms with Gasteiger partial charge in [0.25, 0.3) is 5.56 Å². The molecular weight excluding hydrogens is 306 g/mol. The Bertz CT molecular complexity index is 618. The Morgan fingerprint density at radius 2 is 2.08 bits per heavy atom. The van der Waals surface area contributed by atoms with Crippen molar-refractivity contribution < 1.29 is 4.79 Å². The Labute approximate surface area is 142 Å². The van der Waals surface area contributed by atoms with Gasteiger partial charge in [0, 0.05) is 38.3 Å². The molecule has 7 heteroatoms. The Kier molecular flexibility index (Phi) is 5.50. The monoisotopic (exact) mass is 333 g/mol. The molecule has 2 aliphatic rings. The van der Waals surface area contributed by atoms with Gasteiger partial charge in [0.2, 0.25) is 5.91 Å². The summed E-state index contributed by atoms with van der Waals surface area (Å²) in [5.41, 5.74) is 0.628. The molecule has 1 aromatic heterocycles. The molecule has 1 saturated carbocycles. The van der Waals surface area contributed by atoms with Crippen LogP contribution in [0.25, 0.3) is 0 Å². The number of anilines is 1. The van der Waals surface area contributed by atoms with Crippen LogP contribution in [0.15, 0.2) is 17.1 Å². The van der Waals surface area contributed by atoms with E-state index in [2.05, 4.69) is 20.6 Å². The number of piperazine rings is 1. The van der Waals surface area contributed by atoms with E-state index in [9.17, 15) is 9.59 Å². The van der Waals surface area contributed by atoms with E-state index in [0.29, 0.717) is 6.42 Å². The molecule has 1 saturated heterocycles. The summed E-state index contributed by atoms with van der Waals surface area (Å²) in [7, 11) is 0. The highest BCUT2D eigenvalue weighted by atomic mass is 16.2. The third-order valence-electron chi connectivity index (χ3n) is 4.98. The SMILES string of the molecule is CC[C@H](C(=O)NC1CCCC1)n1ncc(N2CCNCC2)cc1=O. The number of rotatable bonds is 5. The van der Waals surface area contributed by atoms with Gasteiger partial charge in [-0.05, 0) is 19.3 Å². The molecule has 24 heavy (non-hydrogen) atoms. The number of nitrogens with zero attached hydrogens (tertiary/aromatic N) is 3. The van der Waals surface area contributed by atoms with Gasteiger partial charge in [-0.1, -0.05) is 19.8 Å². The minimum atomic E-state index is -0.532. The van der Waals surface area contributed by atoms with Crippen LogP contribution in [0.4, 0.5) is 5.69 Å². The molecule has 1 atom stereocenters. The lowest BCUT2D eigenvalue weighted by atomic mass is 10.1. The number of carbonyl (C=O) groups is 1. The van der Waals surface area contributed by atoms with Gasteiger partial charge in [-0.25, -0.2) is 4.68 Å². The van der Waals surface area contributed by atoms with E-state index >= 15 is 0 Å². The molecule has 0 radical (unpaired) electrons. The Morgan fingerprint density at radius 1 is 1.38 bits per heavy atom. The predicted molar refractivity (Wildman–Crippen MR) is 93.3 cm³/mol. The van der Waals surface area contributed by atoms with E-state index < -0.39 is 6.04 Å². The zero-order valence-corrected chi connectivity index (χ0v) is 14.3. The van der Waals surface area contributed by atoms with Gasteiger partial charge in [-0.2, -0.15) is 5.10 Å². The van der Waals surface area contributed by atoms with Crippen molar-refractivity contribution in [1.29, 1.82) is 0 Å². The van der Waals surface area contributed by atoms with Crippen molar-refractivity contribution in [3.63, 3.8) is 0 Å². The average Bonchev–Trinajstić information content (AvgIpc) is 3.10. The maximum Gasteiger partial charge on any atom is 0.269 e. The lowest BCUT2D eigenvalue weighted by Gasteiger charge is -2.29. The largest absolute Gasteiger partial charge is 0.368 e. The Hall–Kier alpha value is -1.89. The van der Waals surface area contributed by atoms with Crippen LogP contribution in [0.5, 0.6) is 0 Å².